The Balaban J connectivity index is 1.65. The molecule has 8 heteroatoms. The van der Waals surface area contributed by atoms with E-state index in [-0.39, 0.29) is 10.6 Å². The number of sulfone groups is 1. The number of fused-ring (bicyclic) bond motifs is 1. The minimum atomic E-state index is -3.38. The van der Waals surface area contributed by atoms with Gasteiger partial charge in [-0.05, 0) is 69.0 Å². The van der Waals surface area contributed by atoms with Gasteiger partial charge >= 0.3 is 0 Å². The third-order valence-electron chi connectivity index (χ3n) is 5.99. The van der Waals surface area contributed by atoms with Crippen molar-refractivity contribution < 1.29 is 13.5 Å². The number of aromatic hydroxyl groups is 1. The summed E-state index contributed by atoms with van der Waals surface area (Å²) >= 11 is 0. The van der Waals surface area contributed by atoms with E-state index in [0.29, 0.717) is 17.3 Å². The number of aromatic nitrogens is 2. The molecule has 1 aliphatic heterocycles. The molecule has 1 aliphatic carbocycles. The molecule has 0 spiro atoms. The van der Waals surface area contributed by atoms with Crippen LogP contribution in [0.25, 0.3) is 11.3 Å². The van der Waals surface area contributed by atoms with Gasteiger partial charge in [0.05, 0.1) is 4.90 Å². The van der Waals surface area contributed by atoms with Crippen LogP contribution in [0.4, 0.5) is 5.82 Å². The Morgan fingerprint density at radius 2 is 2.00 bits per heavy atom. The highest BCUT2D eigenvalue weighted by molar-refractivity contribution is 7.90. The SMILES string of the molecule is CCN1CCC[C@H](Nc2nnc(-c3ccc(S(C)(=O)=O)cc3O)c3c2CCC3)C1. The van der Waals surface area contributed by atoms with Crippen LogP contribution < -0.4 is 5.32 Å². The third-order valence-corrected chi connectivity index (χ3v) is 7.10. The molecule has 0 saturated carbocycles. The lowest BCUT2D eigenvalue weighted by atomic mass is 10.0. The molecule has 29 heavy (non-hydrogen) atoms. The second-order valence-electron chi connectivity index (χ2n) is 8.04. The highest BCUT2D eigenvalue weighted by Gasteiger charge is 2.26. The Kier molecular flexibility index (Phi) is 5.48. The number of likely N-dealkylation sites (N-methyl/N-ethyl adjacent to an activating group) is 1. The first-order valence-electron chi connectivity index (χ1n) is 10.3. The second-order valence-corrected chi connectivity index (χ2v) is 10.1. The van der Waals surface area contributed by atoms with Crippen molar-refractivity contribution in [1.29, 1.82) is 0 Å². The Labute approximate surface area is 172 Å². The van der Waals surface area contributed by atoms with Gasteiger partial charge in [-0.15, -0.1) is 10.2 Å². The van der Waals surface area contributed by atoms with Crippen LogP contribution in [-0.2, 0) is 22.7 Å². The average Bonchev–Trinajstić information content (AvgIpc) is 3.18. The van der Waals surface area contributed by atoms with Crippen LogP contribution in [-0.4, -0.2) is 60.6 Å². The topological polar surface area (TPSA) is 95.4 Å². The molecule has 1 fully saturated rings. The maximum Gasteiger partial charge on any atom is 0.175 e. The predicted molar refractivity (Wildman–Crippen MR) is 113 cm³/mol. The average molecular weight is 417 g/mol. The molecule has 1 aromatic heterocycles. The highest BCUT2D eigenvalue weighted by atomic mass is 32.2. The fourth-order valence-electron chi connectivity index (χ4n) is 4.42. The molecule has 1 atom stereocenters. The number of piperidine rings is 1. The molecule has 1 aromatic carbocycles. The first-order chi connectivity index (χ1) is 13.9. The first-order valence-corrected chi connectivity index (χ1v) is 12.2. The van der Waals surface area contributed by atoms with Crippen molar-refractivity contribution >= 4 is 15.7 Å². The summed E-state index contributed by atoms with van der Waals surface area (Å²) < 4.78 is 23.5. The molecule has 0 amide bonds. The number of likely N-dealkylation sites (tertiary alicyclic amines) is 1. The van der Waals surface area contributed by atoms with Gasteiger partial charge in [-0.3, -0.25) is 0 Å². The van der Waals surface area contributed by atoms with Crippen molar-refractivity contribution in [2.45, 2.75) is 50.0 Å². The first kappa shape index (κ1) is 20.1. The second kappa shape index (κ2) is 7.91. The van der Waals surface area contributed by atoms with E-state index in [1.807, 2.05) is 0 Å². The number of hydrogen-bond acceptors (Lipinski definition) is 7. The van der Waals surface area contributed by atoms with Crippen molar-refractivity contribution in [3.8, 4) is 17.0 Å². The fraction of sp³-hybridized carbons (Fsp3) is 0.524. The van der Waals surface area contributed by atoms with E-state index >= 15 is 0 Å². The molecular formula is C21H28N4O3S. The Morgan fingerprint density at radius 1 is 1.21 bits per heavy atom. The Morgan fingerprint density at radius 3 is 2.72 bits per heavy atom. The summed E-state index contributed by atoms with van der Waals surface area (Å²) in [6.07, 6.45) is 6.28. The number of hydrogen-bond donors (Lipinski definition) is 2. The van der Waals surface area contributed by atoms with Crippen LogP contribution in [0, 0.1) is 0 Å². The largest absolute Gasteiger partial charge is 0.507 e. The van der Waals surface area contributed by atoms with Crippen LogP contribution >= 0.6 is 0 Å². The molecule has 0 radical (unpaired) electrons. The number of nitrogens with one attached hydrogen (secondary N) is 1. The molecule has 156 valence electrons. The number of phenols is 1. The van der Waals surface area contributed by atoms with Crippen LogP contribution in [0.2, 0.25) is 0 Å². The van der Waals surface area contributed by atoms with Gasteiger partial charge in [-0.2, -0.15) is 0 Å². The summed E-state index contributed by atoms with van der Waals surface area (Å²) in [4.78, 5) is 2.55. The standard InChI is InChI=1S/C21H28N4O3S/c1-3-25-11-5-6-14(13-25)22-21-17-8-4-7-16(17)20(23-24-21)18-10-9-15(12-19(18)26)29(2,27)28/h9-10,12,14,26H,3-8,11,13H2,1-2H3,(H,22,24)/t14-/m0/s1. The van der Waals surface area contributed by atoms with E-state index in [1.54, 1.807) is 6.07 Å². The third kappa shape index (κ3) is 4.09. The van der Waals surface area contributed by atoms with Crippen molar-refractivity contribution in [2.75, 3.05) is 31.2 Å². The summed E-state index contributed by atoms with van der Waals surface area (Å²) in [5.41, 5.74) is 3.46. The van der Waals surface area contributed by atoms with E-state index in [2.05, 4.69) is 27.3 Å². The van der Waals surface area contributed by atoms with Gasteiger partial charge in [-0.25, -0.2) is 8.42 Å². The lowest BCUT2D eigenvalue weighted by molar-refractivity contribution is 0.226. The van der Waals surface area contributed by atoms with E-state index in [1.165, 1.54) is 24.1 Å². The van der Waals surface area contributed by atoms with Crippen molar-refractivity contribution in [1.82, 2.24) is 15.1 Å². The molecule has 0 bridgehead atoms. The van der Waals surface area contributed by atoms with Gasteiger partial charge in [0.1, 0.15) is 11.4 Å². The lowest BCUT2D eigenvalue weighted by Crippen LogP contribution is -2.42. The van der Waals surface area contributed by atoms with Crippen molar-refractivity contribution in [2.24, 2.45) is 0 Å². The molecule has 2 aromatic rings. The van der Waals surface area contributed by atoms with Crippen LogP contribution in [0.15, 0.2) is 23.1 Å². The molecule has 1 saturated heterocycles. The van der Waals surface area contributed by atoms with Crippen LogP contribution in [0.3, 0.4) is 0 Å². The number of nitrogens with zero attached hydrogens (tertiary/aromatic N) is 3. The number of rotatable bonds is 5. The normalized spacial score (nSPS) is 19.9. The van der Waals surface area contributed by atoms with Gasteiger partial charge in [0.15, 0.2) is 15.7 Å². The number of anilines is 1. The van der Waals surface area contributed by atoms with E-state index in [4.69, 9.17) is 0 Å². The minimum absolute atomic E-state index is 0.0806. The van der Waals surface area contributed by atoms with Gasteiger partial charge in [0.2, 0.25) is 0 Å². The maximum atomic E-state index is 11.7. The quantitative estimate of drug-likeness (QED) is 0.773. The van der Waals surface area contributed by atoms with Gasteiger partial charge in [0, 0.05) is 30.0 Å². The molecule has 2 heterocycles. The summed E-state index contributed by atoms with van der Waals surface area (Å²) in [6.45, 7) is 5.42. The summed E-state index contributed by atoms with van der Waals surface area (Å²) in [5, 5.41) is 23.0. The Hall–Kier alpha value is -2.19. The monoisotopic (exact) mass is 416 g/mol. The van der Waals surface area contributed by atoms with Crippen LogP contribution in [0.5, 0.6) is 5.75 Å². The molecular weight excluding hydrogens is 388 g/mol. The molecule has 2 aliphatic rings. The fourth-order valence-corrected chi connectivity index (χ4v) is 5.06. The smallest absolute Gasteiger partial charge is 0.175 e. The summed E-state index contributed by atoms with van der Waals surface area (Å²) in [5.74, 6) is 0.777. The Bertz CT molecular complexity index is 1020. The molecule has 7 nitrogen and oxygen atoms in total. The van der Waals surface area contributed by atoms with E-state index < -0.39 is 9.84 Å². The highest BCUT2D eigenvalue weighted by Crippen LogP contribution is 2.38. The summed E-state index contributed by atoms with van der Waals surface area (Å²) in [6, 6.07) is 4.81. The number of phenolic OH excluding ortho intramolecular Hbond substituents is 1. The molecule has 4 rings (SSSR count). The zero-order valence-electron chi connectivity index (χ0n) is 17.0. The molecule has 0 unspecified atom stereocenters. The van der Waals surface area contributed by atoms with Gasteiger partial charge in [-0.1, -0.05) is 6.92 Å². The van der Waals surface area contributed by atoms with E-state index in [0.717, 1.165) is 63.0 Å². The summed E-state index contributed by atoms with van der Waals surface area (Å²) in [7, 11) is -3.38. The minimum Gasteiger partial charge on any atom is -0.507 e. The number of benzene rings is 1. The van der Waals surface area contributed by atoms with Crippen LogP contribution in [0.1, 0.15) is 37.3 Å². The van der Waals surface area contributed by atoms with Gasteiger partial charge < -0.3 is 15.3 Å². The zero-order chi connectivity index (χ0) is 20.6. The van der Waals surface area contributed by atoms with E-state index in [9.17, 15) is 13.5 Å². The van der Waals surface area contributed by atoms with Crippen molar-refractivity contribution in [3.05, 3.63) is 29.3 Å². The maximum absolute atomic E-state index is 11.7. The van der Waals surface area contributed by atoms with Crippen molar-refractivity contribution in [3.63, 3.8) is 0 Å². The predicted octanol–water partition coefficient (Wildman–Crippen LogP) is 2.64. The zero-order valence-corrected chi connectivity index (χ0v) is 17.8. The molecule has 2 N–H and O–H groups in total. The lowest BCUT2D eigenvalue weighted by Gasteiger charge is -2.32. The van der Waals surface area contributed by atoms with Gasteiger partial charge in [0.25, 0.3) is 0 Å².